The summed E-state index contributed by atoms with van der Waals surface area (Å²) in [7, 11) is 5.06. The first-order valence-electron chi connectivity index (χ1n) is 12.5. The standard InChI is InChI=1S/C28H36N4O5/c1-30(18-22-8-5-4-6-9-22)28(33)24-21-37-26(29-24)20-32(13-12-31-14-16-36-17-15-31)19-23-10-7-11-25(34-2)27(23)35-3/h4-11,21H,12-20H2,1-3H3. The number of morpholine rings is 1. The fourth-order valence-corrected chi connectivity index (χ4v) is 4.44. The van der Waals surface area contributed by atoms with Crippen LogP contribution in [0.25, 0.3) is 0 Å². The van der Waals surface area contributed by atoms with Crippen molar-refractivity contribution in [2.24, 2.45) is 0 Å². The average molecular weight is 509 g/mol. The van der Waals surface area contributed by atoms with Crippen molar-refractivity contribution >= 4 is 5.91 Å². The van der Waals surface area contributed by atoms with Gasteiger partial charge in [0.25, 0.3) is 5.91 Å². The first kappa shape index (κ1) is 26.7. The van der Waals surface area contributed by atoms with Crippen molar-refractivity contribution in [2.75, 3.05) is 60.7 Å². The number of carbonyl (C=O) groups is 1. The molecule has 0 atom stereocenters. The molecule has 1 fully saturated rings. The van der Waals surface area contributed by atoms with Crippen LogP contribution in [0.5, 0.6) is 11.5 Å². The first-order valence-corrected chi connectivity index (χ1v) is 12.5. The van der Waals surface area contributed by atoms with Crippen LogP contribution in [-0.4, -0.2) is 86.3 Å². The highest BCUT2D eigenvalue weighted by atomic mass is 16.5. The van der Waals surface area contributed by atoms with E-state index in [0.29, 0.717) is 42.7 Å². The summed E-state index contributed by atoms with van der Waals surface area (Å²) >= 11 is 0. The van der Waals surface area contributed by atoms with Crippen molar-refractivity contribution in [3.8, 4) is 11.5 Å². The highest BCUT2D eigenvalue weighted by Crippen LogP contribution is 2.31. The van der Waals surface area contributed by atoms with Crippen molar-refractivity contribution in [3.05, 3.63) is 77.5 Å². The van der Waals surface area contributed by atoms with Gasteiger partial charge in [-0.2, -0.15) is 0 Å². The van der Waals surface area contributed by atoms with Gasteiger partial charge in [0.15, 0.2) is 17.2 Å². The molecule has 9 heteroatoms. The van der Waals surface area contributed by atoms with Gasteiger partial charge in [-0.15, -0.1) is 0 Å². The number of amides is 1. The lowest BCUT2D eigenvalue weighted by Gasteiger charge is -2.30. The zero-order chi connectivity index (χ0) is 26.0. The number of oxazole rings is 1. The molecule has 2 aromatic carbocycles. The first-order chi connectivity index (χ1) is 18.1. The Bertz CT molecular complexity index is 1130. The number of hydrogen-bond acceptors (Lipinski definition) is 8. The number of methoxy groups -OCH3 is 2. The Morgan fingerprint density at radius 3 is 2.51 bits per heavy atom. The van der Waals surface area contributed by atoms with E-state index in [0.717, 1.165) is 50.5 Å². The maximum atomic E-state index is 13.0. The molecule has 0 aliphatic carbocycles. The molecule has 37 heavy (non-hydrogen) atoms. The van der Waals surface area contributed by atoms with E-state index in [1.165, 1.54) is 6.26 Å². The molecule has 0 unspecified atom stereocenters. The quantitative estimate of drug-likeness (QED) is 0.369. The van der Waals surface area contributed by atoms with E-state index >= 15 is 0 Å². The molecular formula is C28H36N4O5. The molecule has 1 aliphatic heterocycles. The second-order valence-electron chi connectivity index (χ2n) is 9.09. The van der Waals surface area contributed by atoms with Gasteiger partial charge in [0.2, 0.25) is 5.89 Å². The Labute approximate surface area is 218 Å². The van der Waals surface area contributed by atoms with E-state index in [1.807, 2.05) is 48.5 Å². The van der Waals surface area contributed by atoms with Gasteiger partial charge in [0, 0.05) is 51.9 Å². The number of carbonyl (C=O) groups excluding carboxylic acids is 1. The van der Waals surface area contributed by atoms with Gasteiger partial charge in [0.05, 0.1) is 34.0 Å². The van der Waals surface area contributed by atoms with E-state index < -0.39 is 0 Å². The number of nitrogens with zero attached hydrogens (tertiary/aromatic N) is 4. The van der Waals surface area contributed by atoms with Gasteiger partial charge >= 0.3 is 0 Å². The second-order valence-corrected chi connectivity index (χ2v) is 9.09. The van der Waals surface area contributed by atoms with Crippen LogP contribution in [0.2, 0.25) is 0 Å². The van der Waals surface area contributed by atoms with Crippen LogP contribution in [0.4, 0.5) is 0 Å². The molecule has 0 bridgehead atoms. The van der Waals surface area contributed by atoms with E-state index in [4.69, 9.17) is 18.6 Å². The lowest BCUT2D eigenvalue weighted by Crippen LogP contribution is -2.41. The van der Waals surface area contributed by atoms with Crippen LogP contribution in [-0.2, 0) is 24.4 Å². The van der Waals surface area contributed by atoms with Gasteiger partial charge < -0.3 is 23.5 Å². The predicted octanol–water partition coefficient (Wildman–Crippen LogP) is 3.30. The van der Waals surface area contributed by atoms with Crippen molar-refractivity contribution in [1.29, 1.82) is 0 Å². The number of benzene rings is 2. The van der Waals surface area contributed by atoms with Crippen LogP contribution in [0.3, 0.4) is 0 Å². The second kappa shape index (κ2) is 13.2. The minimum Gasteiger partial charge on any atom is -0.493 e. The summed E-state index contributed by atoms with van der Waals surface area (Å²) in [5.74, 6) is 1.74. The maximum Gasteiger partial charge on any atom is 0.275 e. The Hall–Kier alpha value is -3.40. The zero-order valence-electron chi connectivity index (χ0n) is 21.9. The molecule has 3 aromatic rings. The lowest BCUT2D eigenvalue weighted by molar-refractivity contribution is 0.0320. The predicted molar refractivity (Wildman–Crippen MR) is 140 cm³/mol. The monoisotopic (exact) mass is 508 g/mol. The Morgan fingerprint density at radius 1 is 1.00 bits per heavy atom. The Morgan fingerprint density at radius 2 is 1.78 bits per heavy atom. The van der Waals surface area contributed by atoms with Crippen molar-refractivity contribution < 1.29 is 23.4 Å². The third kappa shape index (κ3) is 7.31. The maximum absolute atomic E-state index is 13.0. The fourth-order valence-electron chi connectivity index (χ4n) is 4.44. The Kier molecular flexibility index (Phi) is 9.53. The summed E-state index contributed by atoms with van der Waals surface area (Å²) < 4.78 is 22.4. The van der Waals surface area contributed by atoms with E-state index in [2.05, 4.69) is 14.8 Å². The topological polar surface area (TPSA) is 80.5 Å². The Balaban J connectivity index is 1.46. The van der Waals surface area contributed by atoms with Crippen LogP contribution >= 0.6 is 0 Å². The molecule has 2 heterocycles. The number of ether oxygens (including phenoxy) is 3. The molecule has 1 aliphatic rings. The number of hydrogen-bond donors (Lipinski definition) is 0. The number of para-hydroxylation sites is 1. The molecule has 1 aromatic heterocycles. The summed E-state index contributed by atoms with van der Waals surface area (Å²) in [6, 6.07) is 15.8. The van der Waals surface area contributed by atoms with Crippen molar-refractivity contribution in [1.82, 2.24) is 19.7 Å². The molecule has 0 N–H and O–H groups in total. The summed E-state index contributed by atoms with van der Waals surface area (Å²) in [4.78, 5) is 23.8. The molecule has 1 saturated heterocycles. The highest BCUT2D eigenvalue weighted by molar-refractivity contribution is 5.91. The fraction of sp³-hybridized carbons (Fsp3) is 0.429. The van der Waals surface area contributed by atoms with Gasteiger partial charge in [-0.1, -0.05) is 42.5 Å². The summed E-state index contributed by atoms with van der Waals surface area (Å²) in [6.07, 6.45) is 1.45. The zero-order valence-corrected chi connectivity index (χ0v) is 21.9. The highest BCUT2D eigenvalue weighted by Gasteiger charge is 2.21. The number of aromatic nitrogens is 1. The van der Waals surface area contributed by atoms with Gasteiger partial charge in [-0.3, -0.25) is 14.6 Å². The lowest BCUT2D eigenvalue weighted by atomic mass is 10.1. The summed E-state index contributed by atoms with van der Waals surface area (Å²) in [5, 5.41) is 0. The average Bonchev–Trinajstić information content (AvgIpc) is 3.40. The van der Waals surface area contributed by atoms with Crippen LogP contribution < -0.4 is 9.47 Å². The van der Waals surface area contributed by atoms with Crippen LogP contribution in [0.15, 0.2) is 59.2 Å². The molecule has 9 nitrogen and oxygen atoms in total. The summed E-state index contributed by atoms with van der Waals surface area (Å²) in [5.41, 5.74) is 2.37. The van der Waals surface area contributed by atoms with Crippen molar-refractivity contribution in [2.45, 2.75) is 19.6 Å². The minimum atomic E-state index is -0.173. The smallest absolute Gasteiger partial charge is 0.275 e. The third-order valence-corrected chi connectivity index (χ3v) is 6.45. The van der Waals surface area contributed by atoms with Gasteiger partial charge in [0.1, 0.15) is 6.26 Å². The van der Waals surface area contributed by atoms with Gasteiger partial charge in [-0.05, 0) is 11.6 Å². The van der Waals surface area contributed by atoms with E-state index in [1.54, 1.807) is 26.2 Å². The molecule has 1 amide bonds. The van der Waals surface area contributed by atoms with Crippen LogP contribution in [0.1, 0.15) is 27.5 Å². The van der Waals surface area contributed by atoms with Gasteiger partial charge in [-0.25, -0.2) is 4.98 Å². The molecule has 0 spiro atoms. The van der Waals surface area contributed by atoms with E-state index in [9.17, 15) is 4.79 Å². The largest absolute Gasteiger partial charge is 0.493 e. The third-order valence-electron chi connectivity index (χ3n) is 6.45. The summed E-state index contributed by atoms with van der Waals surface area (Å²) in [6.45, 7) is 6.61. The van der Waals surface area contributed by atoms with Crippen molar-refractivity contribution in [3.63, 3.8) is 0 Å². The molecule has 198 valence electrons. The molecule has 0 radical (unpaired) electrons. The minimum absolute atomic E-state index is 0.173. The van der Waals surface area contributed by atoms with Crippen LogP contribution in [0, 0.1) is 0 Å². The molecule has 4 rings (SSSR count). The SMILES string of the molecule is COc1cccc(CN(CCN2CCOCC2)Cc2nc(C(=O)N(C)Cc3ccccc3)co2)c1OC. The van der Waals surface area contributed by atoms with E-state index in [-0.39, 0.29) is 5.91 Å². The number of rotatable bonds is 12. The molecule has 0 saturated carbocycles. The molecular weight excluding hydrogens is 472 g/mol. The normalized spacial score (nSPS) is 14.1.